The molecule has 1 heterocycles. The van der Waals surface area contributed by atoms with Gasteiger partial charge in [-0.25, -0.2) is 4.79 Å². The first kappa shape index (κ1) is 14.8. The molecule has 1 N–H and O–H groups in total. The van der Waals surface area contributed by atoms with Crippen molar-refractivity contribution in [3.05, 3.63) is 0 Å². The second kappa shape index (κ2) is 6.05. The van der Waals surface area contributed by atoms with Crippen molar-refractivity contribution in [1.82, 2.24) is 9.80 Å². The standard InChI is InChI=1S/C12H23BrN2O2/c1-12(2,3)10-9-14(6-4-5-13)7-8-15(10)11(16)17/h10H,4-9H2,1-3H3,(H,16,17). The number of nitrogens with zero attached hydrogens (tertiary/aromatic N) is 2. The van der Waals surface area contributed by atoms with E-state index in [1.54, 1.807) is 4.90 Å². The first-order chi connectivity index (χ1) is 7.86. The summed E-state index contributed by atoms with van der Waals surface area (Å²) in [5.41, 5.74) is -0.00847. The topological polar surface area (TPSA) is 43.8 Å². The molecule has 1 atom stereocenters. The molecule has 100 valence electrons. The number of hydrogen-bond donors (Lipinski definition) is 1. The van der Waals surface area contributed by atoms with Crippen LogP contribution in [-0.2, 0) is 0 Å². The van der Waals surface area contributed by atoms with Crippen LogP contribution >= 0.6 is 15.9 Å². The Hall–Kier alpha value is -0.290. The Morgan fingerprint density at radius 2 is 2.06 bits per heavy atom. The molecule has 4 nitrogen and oxygen atoms in total. The highest BCUT2D eigenvalue weighted by Crippen LogP contribution is 2.27. The molecule has 1 aliphatic heterocycles. The molecule has 1 aliphatic rings. The molecule has 0 aromatic heterocycles. The van der Waals surface area contributed by atoms with Gasteiger partial charge in [0.2, 0.25) is 0 Å². The Morgan fingerprint density at radius 1 is 1.41 bits per heavy atom. The summed E-state index contributed by atoms with van der Waals surface area (Å²) in [5.74, 6) is 0. The van der Waals surface area contributed by atoms with Gasteiger partial charge in [0, 0.05) is 25.0 Å². The van der Waals surface area contributed by atoms with E-state index in [-0.39, 0.29) is 11.5 Å². The molecule has 1 fully saturated rings. The molecule has 0 aliphatic carbocycles. The van der Waals surface area contributed by atoms with Gasteiger partial charge in [-0.1, -0.05) is 36.7 Å². The molecule has 0 bridgehead atoms. The third-order valence-electron chi connectivity index (χ3n) is 3.32. The van der Waals surface area contributed by atoms with E-state index in [1.807, 2.05) is 0 Å². The van der Waals surface area contributed by atoms with Gasteiger partial charge >= 0.3 is 6.09 Å². The number of carbonyl (C=O) groups is 1. The van der Waals surface area contributed by atoms with Gasteiger partial charge in [0.25, 0.3) is 0 Å². The lowest BCUT2D eigenvalue weighted by Crippen LogP contribution is -2.59. The number of piperazine rings is 1. The van der Waals surface area contributed by atoms with Crippen LogP contribution in [-0.4, -0.2) is 58.6 Å². The monoisotopic (exact) mass is 306 g/mol. The third-order valence-corrected chi connectivity index (χ3v) is 3.88. The zero-order chi connectivity index (χ0) is 13.1. The van der Waals surface area contributed by atoms with Crippen molar-refractivity contribution in [3.63, 3.8) is 0 Å². The highest BCUT2D eigenvalue weighted by atomic mass is 79.9. The van der Waals surface area contributed by atoms with Crippen LogP contribution in [0.15, 0.2) is 0 Å². The Balaban J connectivity index is 2.67. The molecule has 0 radical (unpaired) electrons. The van der Waals surface area contributed by atoms with Gasteiger partial charge in [-0.3, -0.25) is 4.90 Å². The molecule has 0 aromatic rings. The number of amides is 1. The molecule has 1 amide bonds. The largest absolute Gasteiger partial charge is 0.465 e. The quantitative estimate of drug-likeness (QED) is 0.815. The average molecular weight is 307 g/mol. The highest BCUT2D eigenvalue weighted by molar-refractivity contribution is 9.09. The van der Waals surface area contributed by atoms with Gasteiger partial charge in [-0.15, -0.1) is 0 Å². The van der Waals surface area contributed by atoms with Gasteiger partial charge < -0.3 is 10.0 Å². The van der Waals surface area contributed by atoms with Crippen LogP contribution in [0.2, 0.25) is 0 Å². The summed E-state index contributed by atoms with van der Waals surface area (Å²) in [6.45, 7) is 9.71. The Morgan fingerprint density at radius 3 is 2.53 bits per heavy atom. The van der Waals surface area contributed by atoms with Crippen LogP contribution < -0.4 is 0 Å². The lowest BCUT2D eigenvalue weighted by Gasteiger charge is -2.46. The van der Waals surface area contributed by atoms with Crippen molar-refractivity contribution in [3.8, 4) is 0 Å². The number of alkyl halides is 1. The number of carboxylic acid groups (broad SMARTS) is 1. The molecule has 17 heavy (non-hydrogen) atoms. The lowest BCUT2D eigenvalue weighted by molar-refractivity contribution is 0.0219. The summed E-state index contributed by atoms with van der Waals surface area (Å²) < 4.78 is 0. The van der Waals surface area contributed by atoms with Crippen molar-refractivity contribution < 1.29 is 9.90 Å². The van der Waals surface area contributed by atoms with E-state index in [0.717, 1.165) is 31.4 Å². The second-order valence-electron chi connectivity index (χ2n) is 5.70. The SMILES string of the molecule is CC(C)(C)C1CN(CCCBr)CCN1C(=O)O. The summed E-state index contributed by atoms with van der Waals surface area (Å²) >= 11 is 3.43. The van der Waals surface area contributed by atoms with E-state index in [9.17, 15) is 9.90 Å². The summed E-state index contributed by atoms with van der Waals surface area (Å²) in [7, 11) is 0. The lowest BCUT2D eigenvalue weighted by atomic mass is 9.84. The average Bonchev–Trinajstić information content (AvgIpc) is 2.24. The highest BCUT2D eigenvalue weighted by Gasteiger charge is 2.37. The maximum absolute atomic E-state index is 11.2. The summed E-state index contributed by atoms with van der Waals surface area (Å²) in [4.78, 5) is 15.2. The molecular formula is C12H23BrN2O2. The van der Waals surface area contributed by atoms with Gasteiger partial charge in [0.15, 0.2) is 0 Å². The summed E-state index contributed by atoms with van der Waals surface area (Å²) in [6.07, 6.45) is 0.328. The van der Waals surface area contributed by atoms with E-state index in [4.69, 9.17) is 0 Å². The fourth-order valence-corrected chi connectivity index (χ4v) is 2.55. The van der Waals surface area contributed by atoms with E-state index in [1.165, 1.54) is 0 Å². The van der Waals surface area contributed by atoms with E-state index < -0.39 is 6.09 Å². The van der Waals surface area contributed by atoms with Gasteiger partial charge in [-0.05, 0) is 18.4 Å². The minimum atomic E-state index is -0.787. The molecule has 1 rings (SSSR count). The zero-order valence-corrected chi connectivity index (χ0v) is 12.5. The fraction of sp³-hybridized carbons (Fsp3) is 0.917. The maximum atomic E-state index is 11.2. The van der Waals surface area contributed by atoms with E-state index >= 15 is 0 Å². The Kier molecular flexibility index (Phi) is 5.25. The first-order valence-corrected chi connectivity index (χ1v) is 7.26. The second-order valence-corrected chi connectivity index (χ2v) is 6.49. The van der Waals surface area contributed by atoms with Crippen molar-refractivity contribution in [2.75, 3.05) is 31.5 Å². The predicted molar refractivity (Wildman–Crippen MR) is 72.8 cm³/mol. The van der Waals surface area contributed by atoms with Crippen molar-refractivity contribution in [2.45, 2.75) is 33.2 Å². The molecule has 0 saturated carbocycles. The van der Waals surface area contributed by atoms with Crippen LogP contribution in [0.3, 0.4) is 0 Å². The van der Waals surface area contributed by atoms with E-state index in [0.29, 0.717) is 6.54 Å². The number of rotatable bonds is 3. The minimum absolute atomic E-state index is 0.00847. The van der Waals surface area contributed by atoms with Gasteiger partial charge in [-0.2, -0.15) is 0 Å². The van der Waals surface area contributed by atoms with Crippen molar-refractivity contribution in [1.29, 1.82) is 0 Å². The van der Waals surface area contributed by atoms with Crippen molar-refractivity contribution >= 4 is 22.0 Å². The van der Waals surface area contributed by atoms with Crippen molar-refractivity contribution in [2.24, 2.45) is 5.41 Å². The molecule has 5 heteroatoms. The summed E-state index contributed by atoms with van der Waals surface area (Å²) in [6, 6.07) is 0.0871. The van der Waals surface area contributed by atoms with E-state index in [2.05, 4.69) is 41.6 Å². The maximum Gasteiger partial charge on any atom is 0.407 e. The third kappa shape index (κ3) is 4.14. The Bertz CT molecular complexity index is 266. The number of halogens is 1. The van der Waals surface area contributed by atoms with Crippen LogP contribution in [0.4, 0.5) is 4.79 Å². The Labute approximate surface area is 112 Å². The van der Waals surface area contributed by atoms with Gasteiger partial charge in [0.1, 0.15) is 0 Å². The molecule has 1 saturated heterocycles. The first-order valence-electron chi connectivity index (χ1n) is 6.14. The van der Waals surface area contributed by atoms with Crippen LogP contribution in [0.5, 0.6) is 0 Å². The van der Waals surface area contributed by atoms with Crippen LogP contribution in [0.1, 0.15) is 27.2 Å². The predicted octanol–water partition coefficient (Wildman–Crippen LogP) is 2.48. The van der Waals surface area contributed by atoms with Crippen LogP contribution in [0, 0.1) is 5.41 Å². The molecular weight excluding hydrogens is 284 g/mol. The fourth-order valence-electron chi connectivity index (χ4n) is 2.30. The number of hydrogen-bond acceptors (Lipinski definition) is 2. The van der Waals surface area contributed by atoms with Crippen LogP contribution in [0.25, 0.3) is 0 Å². The molecule has 0 spiro atoms. The van der Waals surface area contributed by atoms with Gasteiger partial charge in [0.05, 0.1) is 6.04 Å². The minimum Gasteiger partial charge on any atom is -0.465 e. The molecule has 0 aromatic carbocycles. The zero-order valence-electron chi connectivity index (χ0n) is 10.9. The summed E-state index contributed by atoms with van der Waals surface area (Å²) in [5, 5.41) is 10.2. The smallest absolute Gasteiger partial charge is 0.407 e. The molecule has 1 unspecified atom stereocenters. The normalized spacial score (nSPS) is 22.8.